The van der Waals surface area contributed by atoms with E-state index in [1.165, 1.54) is 6.42 Å². The SMILES string of the molecule is CC/C=C\C/C=C\C/C=C\C/C=C\C/C=C\CCCCCC(=O)OC(COC(=O)CCCCCCC/C=C\CCC)COP(=O)(O)O. The number of rotatable bonds is 31. The van der Waals surface area contributed by atoms with Gasteiger partial charge in [0.25, 0.3) is 0 Å². The molecule has 8 nitrogen and oxygen atoms in total. The molecule has 0 aromatic carbocycles. The molecule has 0 aliphatic heterocycles. The maximum Gasteiger partial charge on any atom is 0.469 e. The van der Waals surface area contributed by atoms with Crippen LogP contribution in [0.4, 0.5) is 0 Å². The third kappa shape index (κ3) is 36.2. The molecular weight excluding hydrogens is 615 g/mol. The molecule has 2 N–H and O–H groups in total. The van der Waals surface area contributed by atoms with Gasteiger partial charge < -0.3 is 19.3 Å². The molecule has 0 rings (SSSR count). The average Bonchev–Trinajstić information content (AvgIpc) is 3.04. The zero-order chi connectivity index (χ0) is 34.7. The van der Waals surface area contributed by atoms with Crippen LogP contribution < -0.4 is 0 Å². The van der Waals surface area contributed by atoms with Crippen molar-refractivity contribution in [2.45, 2.75) is 142 Å². The molecule has 0 spiro atoms. The van der Waals surface area contributed by atoms with E-state index in [1.54, 1.807) is 0 Å². The summed E-state index contributed by atoms with van der Waals surface area (Å²) in [4.78, 5) is 42.5. The Hall–Kier alpha value is -2.51. The first kappa shape index (κ1) is 44.5. The van der Waals surface area contributed by atoms with Gasteiger partial charge in [0, 0.05) is 12.8 Å². The molecule has 0 heterocycles. The zero-order valence-corrected chi connectivity index (χ0v) is 30.0. The first-order valence-corrected chi connectivity index (χ1v) is 19.3. The first-order valence-electron chi connectivity index (χ1n) is 17.7. The summed E-state index contributed by atoms with van der Waals surface area (Å²) in [5.41, 5.74) is 0. The lowest BCUT2D eigenvalue weighted by atomic mass is 10.1. The first-order chi connectivity index (χ1) is 22.8. The number of ether oxygens (including phenoxy) is 2. The molecular formula is C38H63O8P. The normalized spacial score (nSPS) is 13.4. The smallest absolute Gasteiger partial charge is 0.462 e. The van der Waals surface area contributed by atoms with Crippen molar-refractivity contribution in [3.05, 3.63) is 72.9 Å². The van der Waals surface area contributed by atoms with Crippen LogP contribution in [-0.2, 0) is 28.2 Å². The molecule has 1 atom stereocenters. The van der Waals surface area contributed by atoms with Crippen LogP contribution in [-0.4, -0.2) is 41.0 Å². The molecule has 0 fully saturated rings. The zero-order valence-electron chi connectivity index (χ0n) is 29.1. The van der Waals surface area contributed by atoms with Gasteiger partial charge in [-0.15, -0.1) is 0 Å². The number of allylic oxidation sites excluding steroid dienone is 12. The van der Waals surface area contributed by atoms with E-state index in [1.807, 2.05) is 0 Å². The van der Waals surface area contributed by atoms with Crippen molar-refractivity contribution in [2.24, 2.45) is 0 Å². The van der Waals surface area contributed by atoms with Crippen LogP contribution >= 0.6 is 7.82 Å². The van der Waals surface area contributed by atoms with E-state index in [4.69, 9.17) is 19.3 Å². The monoisotopic (exact) mass is 678 g/mol. The lowest BCUT2D eigenvalue weighted by Crippen LogP contribution is -2.29. The number of carbonyl (C=O) groups excluding carboxylic acids is 2. The van der Waals surface area contributed by atoms with Crippen molar-refractivity contribution in [2.75, 3.05) is 13.2 Å². The highest BCUT2D eigenvalue weighted by Gasteiger charge is 2.22. The fourth-order valence-electron chi connectivity index (χ4n) is 4.34. The van der Waals surface area contributed by atoms with E-state index in [9.17, 15) is 14.2 Å². The molecule has 0 amide bonds. The van der Waals surface area contributed by atoms with Gasteiger partial charge in [-0.25, -0.2) is 4.57 Å². The highest BCUT2D eigenvalue weighted by Crippen LogP contribution is 2.35. The van der Waals surface area contributed by atoms with Crippen LogP contribution in [0, 0.1) is 0 Å². The third-order valence-electron chi connectivity index (χ3n) is 6.94. The van der Waals surface area contributed by atoms with E-state index in [0.717, 1.165) is 89.9 Å². The minimum atomic E-state index is -4.76. The molecule has 9 heteroatoms. The van der Waals surface area contributed by atoms with E-state index in [-0.39, 0.29) is 19.4 Å². The lowest BCUT2D eigenvalue weighted by Gasteiger charge is -2.18. The quantitative estimate of drug-likeness (QED) is 0.0322. The molecule has 0 aromatic heterocycles. The Kier molecular flexibility index (Phi) is 31.6. The summed E-state index contributed by atoms with van der Waals surface area (Å²) in [6, 6.07) is 0. The highest BCUT2D eigenvalue weighted by atomic mass is 31.2. The van der Waals surface area contributed by atoms with Crippen molar-refractivity contribution >= 4 is 19.8 Å². The molecule has 0 saturated heterocycles. The third-order valence-corrected chi connectivity index (χ3v) is 7.43. The Morgan fingerprint density at radius 3 is 1.57 bits per heavy atom. The lowest BCUT2D eigenvalue weighted by molar-refractivity contribution is -0.161. The number of hydrogen-bond acceptors (Lipinski definition) is 6. The van der Waals surface area contributed by atoms with Crippen LogP contribution in [0.25, 0.3) is 0 Å². The molecule has 0 aromatic rings. The van der Waals surface area contributed by atoms with Gasteiger partial charge in [0.15, 0.2) is 6.10 Å². The van der Waals surface area contributed by atoms with Crippen molar-refractivity contribution in [3.8, 4) is 0 Å². The summed E-state index contributed by atoms with van der Waals surface area (Å²) in [6.07, 6.45) is 42.0. The van der Waals surface area contributed by atoms with Crippen LogP contribution in [0.2, 0.25) is 0 Å². The predicted molar refractivity (Wildman–Crippen MR) is 193 cm³/mol. The number of hydrogen-bond donors (Lipinski definition) is 2. The molecule has 0 aliphatic carbocycles. The Bertz CT molecular complexity index is 990. The van der Waals surface area contributed by atoms with Gasteiger partial charge in [0.2, 0.25) is 0 Å². The van der Waals surface area contributed by atoms with Crippen molar-refractivity contribution in [3.63, 3.8) is 0 Å². The van der Waals surface area contributed by atoms with E-state index in [2.05, 4.69) is 91.3 Å². The Morgan fingerprint density at radius 2 is 1.02 bits per heavy atom. The summed E-state index contributed by atoms with van der Waals surface area (Å²) < 4.78 is 26.2. The molecule has 268 valence electrons. The van der Waals surface area contributed by atoms with Crippen LogP contribution in [0.3, 0.4) is 0 Å². The molecule has 0 bridgehead atoms. The van der Waals surface area contributed by atoms with Crippen molar-refractivity contribution in [1.82, 2.24) is 0 Å². The topological polar surface area (TPSA) is 119 Å². The van der Waals surface area contributed by atoms with E-state index in [0.29, 0.717) is 12.8 Å². The van der Waals surface area contributed by atoms with Crippen molar-refractivity contribution < 1.29 is 37.9 Å². The molecule has 0 aliphatic rings. The summed E-state index contributed by atoms with van der Waals surface area (Å²) in [5.74, 6) is -0.945. The number of phosphoric acid groups is 1. The fraction of sp³-hybridized carbons (Fsp3) is 0.632. The molecule has 47 heavy (non-hydrogen) atoms. The maximum atomic E-state index is 12.3. The van der Waals surface area contributed by atoms with Gasteiger partial charge in [-0.2, -0.15) is 0 Å². The van der Waals surface area contributed by atoms with Gasteiger partial charge in [0.1, 0.15) is 6.61 Å². The summed E-state index contributed by atoms with van der Waals surface area (Å²) in [6.45, 7) is 3.44. The van der Waals surface area contributed by atoms with Gasteiger partial charge in [0.05, 0.1) is 6.61 Å². The maximum absolute atomic E-state index is 12.3. The Balaban J connectivity index is 4.09. The summed E-state index contributed by atoms with van der Waals surface area (Å²) in [7, 11) is -4.76. The minimum Gasteiger partial charge on any atom is -0.462 e. The highest BCUT2D eigenvalue weighted by molar-refractivity contribution is 7.46. The van der Waals surface area contributed by atoms with Gasteiger partial charge in [-0.3, -0.25) is 14.1 Å². The second-order valence-corrected chi connectivity index (χ2v) is 12.7. The van der Waals surface area contributed by atoms with Crippen LogP contribution in [0.1, 0.15) is 136 Å². The van der Waals surface area contributed by atoms with Gasteiger partial charge in [-0.1, -0.05) is 119 Å². The second kappa shape index (κ2) is 33.4. The summed E-state index contributed by atoms with van der Waals surface area (Å²) >= 11 is 0. The predicted octanol–water partition coefficient (Wildman–Crippen LogP) is 10.3. The molecule has 0 saturated carbocycles. The van der Waals surface area contributed by atoms with Gasteiger partial charge in [-0.05, 0) is 77.0 Å². The molecule has 1 unspecified atom stereocenters. The van der Waals surface area contributed by atoms with Gasteiger partial charge >= 0.3 is 19.8 Å². The molecule has 0 radical (unpaired) electrons. The summed E-state index contributed by atoms with van der Waals surface area (Å²) in [5, 5.41) is 0. The number of phosphoric ester groups is 1. The number of unbranched alkanes of at least 4 members (excludes halogenated alkanes) is 9. The largest absolute Gasteiger partial charge is 0.469 e. The standard InChI is InChI=1S/C38H63O8P/c1-3-5-7-9-11-13-15-16-17-18-19-20-21-22-23-25-27-29-31-33-38(40)46-36(35-45-47(41,42)43)34-44-37(39)32-30-28-26-24-14-12-10-8-6-4-2/h5,7-8,10-11,13,16-17,19-20,22-23,36H,3-4,6,9,12,14-15,18,21,24-35H2,1-2H3,(H2,41,42,43)/b7-5-,10-8-,13-11-,17-16-,20-19-,23-22-. The fourth-order valence-corrected chi connectivity index (χ4v) is 4.70. The number of esters is 2. The Morgan fingerprint density at radius 1 is 0.574 bits per heavy atom. The van der Waals surface area contributed by atoms with Crippen LogP contribution in [0.15, 0.2) is 72.9 Å². The second-order valence-electron chi connectivity index (χ2n) is 11.5. The van der Waals surface area contributed by atoms with Crippen molar-refractivity contribution in [1.29, 1.82) is 0 Å². The number of carbonyl (C=O) groups is 2. The Labute approximate surface area is 285 Å². The van der Waals surface area contributed by atoms with E-state index >= 15 is 0 Å². The van der Waals surface area contributed by atoms with Crippen LogP contribution in [0.5, 0.6) is 0 Å². The van der Waals surface area contributed by atoms with E-state index < -0.39 is 32.5 Å². The average molecular weight is 679 g/mol. The minimum absolute atomic E-state index is 0.167.